The van der Waals surface area contributed by atoms with Crippen LogP contribution >= 0.6 is 0 Å². The van der Waals surface area contributed by atoms with Crippen LogP contribution in [0.5, 0.6) is 0 Å². The molecule has 0 aliphatic carbocycles. The number of nitrogen functional groups attached to an aromatic ring is 2. The van der Waals surface area contributed by atoms with Crippen LogP contribution < -0.4 is 11.5 Å². The van der Waals surface area contributed by atoms with Crippen LogP contribution in [0.2, 0.25) is 0 Å². The molecule has 0 fully saturated rings. The summed E-state index contributed by atoms with van der Waals surface area (Å²) in [4.78, 5) is 8.18. The van der Waals surface area contributed by atoms with Gasteiger partial charge in [-0.1, -0.05) is 41.5 Å². The first-order valence-electron chi connectivity index (χ1n) is 7.75. The first-order valence-corrected chi connectivity index (χ1v) is 7.75. The minimum Gasteiger partial charge on any atom is -0.383 e. The topological polar surface area (TPSA) is 95.6 Å². The molecule has 2 heterocycles. The lowest BCUT2D eigenvalue weighted by molar-refractivity contribution is 0.493. The summed E-state index contributed by atoms with van der Waals surface area (Å²) in [5.74, 6) is 1.22. The van der Waals surface area contributed by atoms with Gasteiger partial charge in [0.15, 0.2) is 5.65 Å². The van der Waals surface area contributed by atoms with E-state index in [4.69, 9.17) is 11.5 Å². The van der Waals surface area contributed by atoms with E-state index in [1.807, 2.05) is 39.3 Å². The summed E-state index contributed by atoms with van der Waals surface area (Å²) in [6.07, 6.45) is 1.04. The molecule has 2 rings (SSSR count). The summed E-state index contributed by atoms with van der Waals surface area (Å²) in [5, 5.41) is 5.25. The molecule has 2 aromatic rings. The number of hydrogen-bond donors (Lipinski definition) is 2. The zero-order valence-corrected chi connectivity index (χ0v) is 14.4. The van der Waals surface area contributed by atoms with Gasteiger partial charge in [-0.15, -0.1) is 0 Å². The van der Waals surface area contributed by atoms with Gasteiger partial charge in [0.05, 0.1) is 11.1 Å². The van der Waals surface area contributed by atoms with Crippen LogP contribution in [0.1, 0.15) is 53.7 Å². The minimum absolute atomic E-state index is 0.195. The van der Waals surface area contributed by atoms with Crippen LogP contribution in [0, 0.1) is 12.8 Å². The molecule has 0 amide bonds. The Morgan fingerprint density at radius 2 is 1.62 bits per heavy atom. The van der Waals surface area contributed by atoms with Crippen molar-refractivity contribution in [3.05, 3.63) is 5.69 Å². The third-order valence-corrected chi connectivity index (χ3v) is 2.73. The molecular formula is C15H30N6. The smallest absolute Gasteiger partial charge is 0.224 e. The van der Waals surface area contributed by atoms with Gasteiger partial charge in [-0.3, -0.25) is 0 Å². The molecule has 0 radical (unpaired) electrons. The van der Waals surface area contributed by atoms with Gasteiger partial charge >= 0.3 is 0 Å². The molecule has 0 aromatic carbocycles. The van der Waals surface area contributed by atoms with Crippen LogP contribution in [-0.4, -0.2) is 19.7 Å². The number of rotatable bonds is 3. The second-order valence-electron chi connectivity index (χ2n) is 4.66. The largest absolute Gasteiger partial charge is 0.383 e. The molecule has 21 heavy (non-hydrogen) atoms. The summed E-state index contributed by atoms with van der Waals surface area (Å²) < 4.78 is 1.86. The van der Waals surface area contributed by atoms with E-state index in [9.17, 15) is 0 Å². The van der Waals surface area contributed by atoms with Gasteiger partial charge in [0, 0.05) is 6.54 Å². The van der Waals surface area contributed by atoms with Crippen LogP contribution in [0.15, 0.2) is 0 Å². The quantitative estimate of drug-likeness (QED) is 0.904. The normalized spacial score (nSPS) is 9.90. The van der Waals surface area contributed by atoms with E-state index in [0.29, 0.717) is 11.7 Å². The minimum atomic E-state index is 0.195. The van der Waals surface area contributed by atoms with Crippen LogP contribution in [0.25, 0.3) is 11.0 Å². The van der Waals surface area contributed by atoms with Crippen molar-refractivity contribution in [2.75, 3.05) is 11.5 Å². The molecule has 0 aliphatic heterocycles. The predicted molar refractivity (Wildman–Crippen MR) is 91.0 cm³/mol. The molecule has 0 saturated carbocycles. The zero-order chi connectivity index (χ0) is 16.6. The van der Waals surface area contributed by atoms with E-state index < -0.39 is 0 Å². The van der Waals surface area contributed by atoms with E-state index in [-0.39, 0.29) is 5.95 Å². The van der Waals surface area contributed by atoms with Gasteiger partial charge in [0.1, 0.15) is 5.82 Å². The lowest BCUT2D eigenvalue weighted by Gasteiger charge is -2.05. The summed E-state index contributed by atoms with van der Waals surface area (Å²) in [6.45, 7) is 15.1. The Bertz CT molecular complexity index is 545. The fourth-order valence-electron chi connectivity index (χ4n) is 1.83. The highest BCUT2D eigenvalue weighted by atomic mass is 15.3. The SMILES string of the molecule is CC.CC.Cc1nn(CCC(C)C)c2nc(N)nc(N)c12. The lowest BCUT2D eigenvalue weighted by atomic mass is 10.1. The summed E-state index contributed by atoms with van der Waals surface area (Å²) >= 11 is 0. The highest BCUT2D eigenvalue weighted by molar-refractivity contribution is 5.88. The standard InChI is InChI=1S/C11H18N6.2C2H6/c1-6(2)4-5-17-10-8(7(3)16-17)9(12)14-11(13)15-10;2*1-2/h6H,4-5H2,1-3H3,(H4,12,13,14,15);2*1-2H3. The maximum Gasteiger partial charge on any atom is 0.224 e. The van der Waals surface area contributed by atoms with Crippen molar-refractivity contribution in [3.8, 4) is 0 Å². The molecule has 0 aliphatic rings. The third-order valence-electron chi connectivity index (χ3n) is 2.73. The van der Waals surface area contributed by atoms with Crippen molar-refractivity contribution in [2.45, 2.75) is 61.4 Å². The molecule has 0 saturated heterocycles. The van der Waals surface area contributed by atoms with E-state index in [1.165, 1.54) is 0 Å². The molecule has 4 N–H and O–H groups in total. The second kappa shape index (κ2) is 9.15. The number of anilines is 2. The first-order chi connectivity index (χ1) is 9.99. The molecular weight excluding hydrogens is 264 g/mol. The molecule has 120 valence electrons. The van der Waals surface area contributed by atoms with Gasteiger partial charge in [0.25, 0.3) is 0 Å². The molecule has 0 bridgehead atoms. The molecule has 0 spiro atoms. The Balaban J connectivity index is 0.000000921. The Hall–Kier alpha value is -1.85. The Kier molecular flexibility index (Phi) is 8.35. The van der Waals surface area contributed by atoms with Crippen LogP contribution in [0.3, 0.4) is 0 Å². The van der Waals surface area contributed by atoms with Crippen molar-refractivity contribution < 1.29 is 0 Å². The number of nitrogens with two attached hydrogens (primary N) is 2. The zero-order valence-electron chi connectivity index (χ0n) is 14.4. The maximum absolute atomic E-state index is 5.84. The van der Waals surface area contributed by atoms with Crippen molar-refractivity contribution in [2.24, 2.45) is 5.92 Å². The van der Waals surface area contributed by atoms with Crippen molar-refractivity contribution in [3.63, 3.8) is 0 Å². The van der Waals surface area contributed by atoms with E-state index >= 15 is 0 Å². The monoisotopic (exact) mass is 294 g/mol. The fraction of sp³-hybridized carbons (Fsp3) is 0.667. The number of aryl methyl sites for hydroxylation is 2. The molecule has 6 nitrogen and oxygen atoms in total. The van der Waals surface area contributed by atoms with Crippen LogP contribution in [-0.2, 0) is 6.54 Å². The van der Waals surface area contributed by atoms with E-state index in [0.717, 1.165) is 29.7 Å². The average molecular weight is 294 g/mol. The number of aromatic nitrogens is 4. The molecule has 6 heteroatoms. The van der Waals surface area contributed by atoms with Gasteiger partial charge in [-0.25, -0.2) is 4.68 Å². The van der Waals surface area contributed by atoms with Gasteiger partial charge in [-0.2, -0.15) is 15.1 Å². The molecule has 0 unspecified atom stereocenters. The lowest BCUT2D eigenvalue weighted by Crippen LogP contribution is -2.06. The Morgan fingerprint density at radius 3 is 2.14 bits per heavy atom. The number of nitrogens with zero attached hydrogens (tertiary/aromatic N) is 4. The Morgan fingerprint density at radius 1 is 1.05 bits per heavy atom. The summed E-state index contributed by atoms with van der Waals surface area (Å²) in [7, 11) is 0. The van der Waals surface area contributed by atoms with Gasteiger partial charge < -0.3 is 11.5 Å². The summed E-state index contributed by atoms with van der Waals surface area (Å²) in [6, 6.07) is 0. The Labute approximate surface area is 128 Å². The predicted octanol–water partition coefficient (Wildman–Crippen LogP) is 3.40. The van der Waals surface area contributed by atoms with Crippen molar-refractivity contribution >= 4 is 22.8 Å². The van der Waals surface area contributed by atoms with Crippen molar-refractivity contribution in [1.29, 1.82) is 0 Å². The highest BCUT2D eigenvalue weighted by Crippen LogP contribution is 2.22. The van der Waals surface area contributed by atoms with Crippen molar-refractivity contribution in [1.82, 2.24) is 19.7 Å². The molecule has 0 atom stereocenters. The highest BCUT2D eigenvalue weighted by Gasteiger charge is 2.13. The third kappa shape index (κ3) is 4.88. The number of hydrogen-bond acceptors (Lipinski definition) is 5. The fourth-order valence-corrected chi connectivity index (χ4v) is 1.83. The van der Waals surface area contributed by atoms with E-state index in [1.54, 1.807) is 0 Å². The average Bonchev–Trinajstić information content (AvgIpc) is 2.77. The maximum atomic E-state index is 5.84. The van der Waals surface area contributed by atoms with Gasteiger partial charge in [-0.05, 0) is 19.3 Å². The van der Waals surface area contributed by atoms with Crippen LogP contribution in [0.4, 0.5) is 11.8 Å². The second-order valence-corrected chi connectivity index (χ2v) is 4.66. The number of fused-ring (bicyclic) bond motifs is 1. The molecule has 2 aromatic heterocycles. The van der Waals surface area contributed by atoms with Gasteiger partial charge in [0.2, 0.25) is 5.95 Å². The van der Waals surface area contributed by atoms with E-state index in [2.05, 4.69) is 28.9 Å². The summed E-state index contributed by atoms with van der Waals surface area (Å²) in [5.41, 5.74) is 13.0. The first kappa shape index (κ1) is 19.1.